The first-order valence-electron chi connectivity index (χ1n) is 7.09. The van der Waals surface area contributed by atoms with Crippen LogP contribution in [0, 0.1) is 22.2 Å². The highest BCUT2D eigenvalue weighted by molar-refractivity contribution is 5.83. The third-order valence-corrected chi connectivity index (χ3v) is 5.17. The largest absolute Gasteiger partial charge is 0.480 e. The Labute approximate surface area is 121 Å². The zero-order valence-electron chi connectivity index (χ0n) is 13.6. The van der Waals surface area contributed by atoms with Gasteiger partial charge in [-0.1, -0.05) is 48.5 Å². The molecule has 1 atom stereocenters. The maximum atomic E-state index is 11.9. The van der Waals surface area contributed by atoms with E-state index >= 15 is 0 Å². The number of hydrogen-bond acceptors (Lipinski definition) is 2. The van der Waals surface area contributed by atoms with Gasteiger partial charge in [-0.15, -0.1) is 0 Å². The predicted molar refractivity (Wildman–Crippen MR) is 78.5 cm³/mol. The Hall–Kier alpha value is -1.26. The van der Waals surface area contributed by atoms with Crippen LogP contribution >= 0.6 is 0 Å². The molecular weight excluding hydrogens is 256 g/mol. The molecule has 0 radical (unpaired) electrons. The Morgan fingerprint density at radius 1 is 1.15 bits per heavy atom. The van der Waals surface area contributed by atoms with Gasteiger partial charge in [0.2, 0.25) is 0 Å². The van der Waals surface area contributed by atoms with Crippen molar-refractivity contribution in [2.45, 2.75) is 54.5 Å². The van der Waals surface area contributed by atoms with Gasteiger partial charge in [-0.25, -0.2) is 9.59 Å². The van der Waals surface area contributed by atoms with Gasteiger partial charge in [-0.3, -0.25) is 0 Å². The molecule has 0 heterocycles. The molecule has 1 saturated carbocycles. The number of rotatable bonds is 4. The standard InChI is InChI=1S/C15H28N2O3/c1-13(2,3)10(11(18)19)17-12(20)16-8-9-14(4,5)15(9,6)7/h9-10H,8H2,1-7H3,(H,18,19)(H2,16,17,20)/t10-/m1/s1. The highest BCUT2D eigenvalue weighted by atomic mass is 16.4. The fraction of sp³-hybridized carbons (Fsp3) is 0.867. The van der Waals surface area contributed by atoms with Crippen LogP contribution in [0.15, 0.2) is 0 Å². The zero-order valence-corrected chi connectivity index (χ0v) is 13.6. The van der Waals surface area contributed by atoms with Gasteiger partial charge >= 0.3 is 12.0 Å². The summed E-state index contributed by atoms with van der Waals surface area (Å²) in [6.45, 7) is 14.7. The van der Waals surface area contributed by atoms with E-state index in [0.717, 1.165) is 0 Å². The van der Waals surface area contributed by atoms with Gasteiger partial charge in [0.1, 0.15) is 6.04 Å². The molecule has 0 saturated heterocycles. The second kappa shape index (κ2) is 4.93. The van der Waals surface area contributed by atoms with Gasteiger partial charge in [0.15, 0.2) is 0 Å². The van der Waals surface area contributed by atoms with Crippen molar-refractivity contribution in [1.82, 2.24) is 10.6 Å². The van der Waals surface area contributed by atoms with Crippen LogP contribution in [0.4, 0.5) is 4.79 Å². The molecule has 0 aliphatic heterocycles. The van der Waals surface area contributed by atoms with Gasteiger partial charge < -0.3 is 15.7 Å². The van der Waals surface area contributed by atoms with Gasteiger partial charge in [0, 0.05) is 6.54 Å². The van der Waals surface area contributed by atoms with E-state index in [1.54, 1.807) is 20.8 Å². The number of aliphatic carboxylic acids is 1. The van der Waals surface area contributed by atoms with Crippen LogP contribution in [0.5, 0.6) is 0 Å². The molecule has 0 aromatic heterocycles. The average molecular weight is 284 g/mol. The SMILES string of the molecule is CC(C)(C)[C@H](NC(=O)NCC1C(C)(C)C1(C)C)C(=O)O. The van der Waals surface area contributed by atoms with Crippen LogP contribution in [0.1, 0.15) is 48.5 Å². The lowest BCUT2D eigenvalue weighted by Gasteiger charge is -2.27. The first-order chi connectivity index (χ1) is 8.81. The molecule has 0 bridgehead atoms. The van der Waals surface area contributed by atoms with Crippen molar-refractivity contribution in [3.8, 4) is 0 Å². The smallest absolute Gasteiger partial charge is 0.326 e. The second-order valence-electron chi connectivity index (χ2n) is 7.99. The monoisotopic (exact) mass is 284 g/mol. The summed E-state index contributed by atoms with van der Waals surface area (Å²) in [5, 5.41) is 14.5. The molecule has 116 valence electrons. The van der Waals surface area contributed by atoms with E-state index in [-0.39, 0.29) is 10.8 Å². The van der Waals surface area contributed by atoms with Crippen molar-refractivity contribution in [3.05, 3.63) is 0 Å². The molecule has 5 heteroatoms. The summed E-state index contributed by atoms with van der Waals surface area (Å²) >= 11 is 0. The molecule has 0 unspecified atom stereocenters. The van der Waals surface area contributed by atoms with E-state index in [1.165, 1.54) is 0 Å². The van der Waals surface area contributed by atoms with E-state index in [9.17, 15) is 14.7 Å². The van der Waals surface area contributed by atoms with Gasteiger partial charge in [-0.05, 0) is 22.2 Å². The molecule has 1 aliphatic rings. The zero-order chi connectivity index (χ0) is 15.9. The average Bonchev–Trinajstić information content (AvgIpc) is 2.61. The summed E-state index contributed by atoms with van der Waals surface area (Å²) in [4.78, 5) is 23.1. The Kier molecular flexibility index (Phi) is 4.14. The van der Waals surface area contributed by atoms with Crippen molar-refractivity contribution >= 4 is 12.0 Å². The second-order valence-corrected chi connectivity index (χ2v) is 7.99. The number of nitrogens with one attached hydrogen (secondary N) is 2. The van der Waals surface area contributed by atoms with Crippen molar-refractivity contribution in [1.29, 1.82) is 0 Å². The minimum Gasteiger partial charge on any atom is -0.480 e. The van der Waals surface area contributed by atoms with E-state index < -0.39 is 23.5 Å². The Balaban J connectivity index is 2.51. The molecule has 0 aromatic carbocycles. The summed E-state index contributed by atoms with van der Waals surface area (Å²) in [6, 6.07) is -1.31. The Bertz CT molecular complexity index is 394. The Morgan fingerprint density at radius 3 is 1.90 bits per heavy atom. The summed E-state index contributed by atoms with van der Waals surface area (Å²) in [7, 11) is 0. The van der Waals surface area contributed by atoms with Crippen LogP contribution in [-0.4, -0.2) is 29.7 Å². The van der Waals surface area contributed by atoms with Crippen LogP contribution in [0.2, 0.25) is 0 Å². The molecule has 5 nitrogen and oxygen atoms in total. The summed E-state index contributed by atoms with van der Waals surface area (Å²) in [6.07, 6.45) is 0. The molecular formula is C15H28N2O3. The summed E-state index contributed by atoms with van der Waals surface area (Å²) in [5.74, 6) is -0.599. The highest BCUT2D eigenvalue weighted by Gasteiger charge is 2.64. The lowest BCUT2D eigenvalue weighted by Crippen LogP contribution is -2.52. The van der Waals surface area contributed by atoms with E-state index in [2.05, 4.69) is 38.3 Å². The summed E-state index contributed by atoms with van der Waals surface area (Å²) < 4.78 is 0. The van der Waals surface area contributed by atoms with Crippen molar-refractivity contribution < 1.29 is 14.7 Å². The molecule has 0 spiro atoms. The number of carboxylic acid groups (broad SMARTS) is 1. The molecule has 1 rings (SSSR count). The van der Waals surface area contributed by atoms with Gasteiger partial charge in [0.25, 0.3) is 0 Å². The summed E-state index contributed by atoms with van der Waals surface area (Å²) in [5.41, 5.74) is -0.117. The maximum absolute atomic E-state index is 11.9. The van der Waals surface area contributed by atoms with Crippen LogP contribution < -0.4 is 10.6 Å². The lowest BCUT2D eigenvalue weighted by atomic mass is 9.87. The van der Waals surface area contributed by atoms with Gasteiger partial charge in [-0.2, -0.15) is 0 Å². The minimum atomic E-state index is -1.01. The molecule has 1 fully saturated rings. The number of carbonyl (C=O) groups excluding carboxylic acids is 1. The van der Waals surface area contributed by atoms with Crippen LogP contribution in [-0.2, 0) is 4.79 Å². The molecule has 0 aromatic rings. The fourth-order valence-electron chi connectivity index (χ4n) is 2.87. The van der Waals surface area contributed by atoms with Gasteiger partial charge in [0.05, 0.1) is 0 Å². The molecule has 1 aliphatic carbocycles. The third-order valence-electron chi connectivity index (χ3n) is 5.17. The molecule has 20 heavy (non-hydrogen) atoms. The topological polar surface area (TPSA) is 78.4 Å². The van der Waals surface area contributed by atoms with E-state index in [1.807, 2.05) is 0 Å². The molecule has 2 amide bonds. The van der Waals surface area contributed by atoms with Crippen molar-refractivity contribution in [2.75, 3.05) is 6.54 Å². The third kappa shape index (κ3) is 3.07. The van der Waals surface area contributed by atoms with E-state index in [4.69, 9.17) is 0 Å². The number of carbonyl (C=O) groups is 2. The molecule has 3 N–H and O–H groups in total. The maximum Gasteiger partial charge on any atom is 0.326 e. The minimum absolute atomic E-state index is 0.205. The first-order valence-corrected chi connectivity index (χ1v) is 7.09. The fourth-order valence-corrected chi connectivity index (χ4v) is 2.87. The van der Waals surface area contributed by atoms with Crippen molar-refractivity contribution in [2.24, 2.45) is 22.2 Å². The number of carboxylic acids is 1. The van der Waals surface area contributed by atoms with Crippen LogP contribution in [0.3, 0.4) is 0 Å². The number of urea groups is 1. The normalized spacial score (nSPS) is 21.9. The number of hydrogen-bond donors (Lipinski definition) is 3. The number of amides is 2. The van der Waals surface area contributed by atoms with E-state index in [0.29, 0.717) is 12.5 Å². The Morgan fingerprint density at radius 2 is 1.60 bits per heavy atom. The highest BCUT2D eigenvalue weighted by Crippen LogP contribution is 2.67. The van der Waals surface area contributed by atoms with Crippen molar-refractivity contribution in [3.63, 3.8) is 0 Å². The van der Waals surface area contributed by atoms with Crippen LogP contribution in [0.25, 0.3) is 0 Å². The lowest BCUT2D eigenvalue weighted by molar-refractivity contribution is -0.141. The first kappa shape index (κ1) is 16.8. The predicted octanol–water partition coefficient (Wildman–Crippen LogP) is 2.47. The quantitative estimate of drug-likeness (QED) is 0.742.